The molecule has 6 rings (SSSR count). The zero-order chi connectivity index (χ0) is 35.9. The van der Waals surface area contributed by atoms with Gasteiger partial charge < -0.3 is 15.5 Å². The van der Waals surface area contributed by atoms with Gasteiger partial charge in [-0.15, -0.1) is 0 Å². The lowest BCUT2D eigenvalue weighted by molar-refractivity contribution is -0.139. The molecule has 4 aromatic rings. The number of benzene rings is 1. The summed E-state index contributed by atoms with van der Waals surface area (Å²) >= 11 is 3.35. The monoisotopic (exact) mass is 744 g/mol. The summed E-state index contributed by atoms with van der Waals surface area (Å²) in [5, 5.41) is 10.9. The Morgan fingerprint density at radius 2 is 1.76 bits per heavy atom. The van der Waals surface area contributed by atoms with Crippen LogP contribution in [0.1, 0.15) is 67.0 Å². The topological polar surface area (TPSA) is 152 Å². The maximum atomic E-state index is 14.3. The van der Waals surface area contributed by atoms with E-state index in [1.807, 2.05) is 39.0 Å². The minimum absolute atomic E-state index is 0.155. The van der Waals surface area contributed by atoms with Gasteiger partial charge in [-0.3, -0.25) is 23.9 Å². The van der Waals surface area contributed by atoms with Crippen LogP contribution in [-0.2, 0) is 20.9 Å². The van der Waals surface area contributed by atoms with E-state index in [-0.39, 0.29) is 60.6 Å². The van der Waals surface area contributed by atoms with Gasteiger partial charge in [0.2, 0.25) is 17.7 Å². The Morgan fingerprint density at radius 3 is 2.44 bits per heavy atom. The quantitative estimate of drug-likeness (QED) is 0.167. The molecule has 0 unspecified atom stereocenters. The van der Waals surface area contributed by atoms with Crippen LogP contribution in [0.2, 0.25) is 0 Å². The van der Waals surface area contributed by atoms with Crippen LogP contribution in [0.4, 0.5) is 10.2 Å². The maximum absolute atomic E-state index is 14.3. The second-order valence-corrected chi connectivity index (χ2v) is 13.9. The molecule has 4 heterocycles. The molecular weight excluding hydrogens is 707 g/mol. The average Bonchev–Trinajstić information content (AvgIpc) is 3.77. The predicted octanol–water partition coefficient (Wildman–Crippen LogP) is 5.55. The third kappa shape index (κ3) is 6.93. The summed E-state index contributed by atoms with van der Waals surface area (Å²) in [5.41, 5.74) is 4.13. The Labute approximate surface area is 297 Å². The third-order valence-corrected chi connectivity index (χ3v) is 10.0. The molecule has 0 bridgehead atoms. The summed E-state index contributed by atoms with van der Waals surface area (Å²) in [6, 6.07) is 6.00. The number of aryl methyl sites for hydroxylation is 3. The molecule has 12 nitrogen and oxygen atoms in total. The van der Waals surface area contributed by atoms with Crippen molar-refractivity contribution in [2.45, 2.75) is 78.9 Å². The molecule has 3 atom stereocenters. The Balaban J connectivity index is 1.31. The van der Waals surface area contributed by atoms with Crippen molar-refractivity contribution in [2.24, 2.45) is 5.92 Å². The number of nitrogens with zero attached hydrogens (tertiary/aromatic N) is 6. The predicted molar refractivity (Wildman–Crippen MR) is 189 cm³/mol. The molecule has 0 saturated carbocycles. The minimum atomic E-state index is -0.898. The molecular formula is C36H38BrFN8O4. The average molecular weight is 746 g/mol. The highest BCUT2D eigenvalue weighted by molar-refractivity contribution is 9.10. The van der Waals surface area contributed by atoms with Gasteiger partial charge in [0.25, 0.3) is 0 Å². The van der Waals surface area contributed by atoms with Crippen LogP contribution in [0, 0.1) is 26.7 Å². The van der Waals surface area contributed by atoms with Crippen LogP contribution < -0.4 is 10.6 Å². The lowest BCUT2D eigenvalue weighted by Gasteiger charge is -2.29. The van der Waals surface area contributed by atoms with Gasteiger partial charge in [0.15, 0.2) is 5.78 Å². The molecule has 0 spiro atoms. The van der Waals surface area contributed by atoms with E-state index >= 15 is 0 Å². The first-order chi connectivity index (χ1) is 23.8. The minimum Gasteiger partial charge on any atom is -0.352 e. The largest absolute Gasteiger partial charge is 0.352 e. The Hall–Kier alpha value is -4.85. The van der Waals surface area contributed by atoms with Crippen LogP contribution in [0.25, 0.3) is 22.0 Å². The number of nitrogens with one attached hydrogen (secondary N) is 2. The van der Waals surface area contributed by atoms with Crippen molar-refractivity contribution in [3.63, 3.8) is 0 Å². The van der Waals surface area contributed by atoms with E-state index in [9.17, 15) is 23.6 Å². The second-order valence-electron chi connectivity index (χ2n) is 13.1. The molecule has 2 aliphatic rings. The number of halogens is 2. The molecule has 260 valence electrons. The van der Waals surface area contributed by atoms with Gasteiger partial charge in [-0.25, -0.2) is 19.3 Å². The fourth-order valence-electron chi connectivity index (χ4n) is 6.92. The molecule has 1 fully saturated rings. The lowest BCUT2D eigenvalue weighted by atomic mass is 9.99. The Bertz CT molecular complexity index is 2060. The first kappa shape index (κ1) is 35.0. The van der Waals surface area contributed by atoms with Gasteiger partial charge in [-0.2, -0.15) is 5.10 Å². The SMILES string of the molecule is CC(=O)c1nn(CC(=O)N2[C@H](C)[C@@H](CNC(=O)C3=C(F)CCC3)C[C@H]2C(=O)Nc2nc(Br)ccc2C)c2c(C)cc(-c3cnc(C)nc3)cc12. The van der Waals surface area contributed by atoms with Crippen molar-refractivity contribution in [1.29, 1.82) is 0 Å². The fraction of sp³-hybridized carbons (Fsp3) is 0.389. The highest BCUT2D eigenvalue weighted by Gasteiger charge is 2.45. The number of fused-ring (bicyclic) bond motifs is 1. The van der Waals surface area contributed by atoms with Crippen LogP contribution >= 0.6 is 15.9 Å². The number of hydrogen-bond donors (Lipinski definition) is 2. The van der Waals surface area contributed by atoms with E-state index in [2.05, 4.69) is 46.6 Å². The number of carbonyl (C=O) groups excluding carboxylic acids is 4. The van der Waals surface area contributed by atoms with Gasteiger partial charge in [-0.1, -0.05) is 6.07 Å². The van der Waals surface area contributed by atoms with E-state index < -0.39 is 23.9 Å². The van der Waals surface area contributed by atoms with Crippen molar-refractivity contribution in [3.8, 4) is 11.1 Å². The summed E-state index contributed by atoms with van der Waals surface area (Å²) < 4.78 is 16.3. The number of hydrogen-bond acceptors (Lipinski definition) is 8. The highest BCUT2D eigenvalue weighted by Crippen LogP contribution is 2.34. The van der Waals surface area contributed by atoms with Crippen molar-refractivity contribution in [1.82, 2.24) is 34.9 Å². The fourth-order valence-corrected chi connectivity index (χ4v) is 7.23. The van der Waals surface area contributed by atoms with Crippen molar-refractivity contribution < 1.29 is 23.6 Å². The van der Waals surface area contributed by atoms with Crippen LogP contribution in [0.5, 0.6) is 0 Å². The molecule has 0 radical (unpaired) electrons. The van der Waals surface area contributed by atoms with Gasteiger partial charge >= 0.3 is 0 Å². The van der Waals surface area contributed by atoms with Gasteiger partial charge in [0, 0.05) is 48.4 Å². The highest BCUT2D eigenvalue weighted by atomic mass is 79.9. The molecule has 2 N–H and O–H groups in total. The van der Waals surface area contributed by atoms with Crippen LogP contribution in [0.3, 0.4) is 0 Å². The van der Waals surface area contributed by atoms with E-state index in [0.717, 1.165) is 22.3 Å². The van der Waals surface area contributed by atoms with Gasteiger partial charge in [0.1, 0.15) is 40.4 Å². The molecule has 1 aliphatic carbocycles. The second kappa shape index (κ2) is 14.2. The van der Waals surface area contributed by atoms with Gasteiger partial charge in [-0.05, 0) is 110 Å². The molecule has 1 aromatic carbocycles. The molecule has 50 heavy (non-hydrogen) atoms. The first-order valence-corrected chi connectivity index (χ1v) is 17.3. The number of rotatable bonds is 9. The van der Waals surface area contributed by atoms with E-state index in [1.165, 1.54) is 16.5 Å². The number of likely N-dealkylation sites (tertiary alicyclic amines) is 1. The number of amides is 3. The van der Waals surface area contributed by atoms with Crippen molar-refractivity contribution >= 4 is 56.2 Å². The Morgan fingerprint density at radius 1 is 1.02 bits per heavy atom. The number of carbonyl (C=O) groups is 4. The van der Waals surface area contributed by atoms with Gasteiger partial charge in [0.05, 0.1) is 5.52 Å². The summed E-state index contributed by atoms with van der Waals surface area (Å²) in [7, 11) is 0. The zero-order valence-corrected chi connectivity index (χ0v) is 30.1. The Kier molecular flexibility index (Phi) is 9.92. The van der Waals surface area contributed by atoms with Crippen LogP contribution in [-0.4, -0.2) is 71.8 Å². The molecule has 14 heteroatoms. The number of ketones is 1. The zero-order valence-electron chi connectivity index (χ0n) is 28.5. The lowest BCUT2D eigenvalue weighted by Crippen LogP contribution is -2.48. The number of anilines is 1. The van der Waals surface area contributed by atoms with E-state index in [0.29, 0.717) is 40.0 Å². The standard InChI is InChI=1S/C36H38BrFN8O4/c1-18-9-10-30(37)42-34(18)43-36(50)29-13-24(14-41-35(49)26-7-6-8-28(26)38)20(3)46(29)31(48)17-45-33-19(2)11-23(25-15-39-22(5)40-16-25)12-27(33)32(44-45)21(4)47/h9-12,15-16,20,24,29H,6-8,13-14,17H2,1-5H3,(H,41,49)(H,42,43,50)/t20-,24-,29+/m1/s1. The van der Waals surface area contributed by atoms with E-state index in [4.69, 9.17) is 0 Å². The molecule has 3 aromatic heterocycles. The molecule has 1 aliphatic heterocycles. The maximum Gasteiger partial charge on any atom is 0.249 e. The summed E-state index contributed by atoms with van der Waals surface area (Å²) in [6.07, 6.45) is 4.92. The number of Topliss-reactive ketones (excluding diaryl/α,β-unsaturated/α-hetero) is 1. The van der Waals surface area contributed by atoms with Crippen molar-refractivity contribution in [2.75, 3.05) is 11.9 Å². The van der Waals surface area contributed by atoms with Crippen LogP contribution in [0.15, 0.2) is 52.7 Å². The normalized spacial score (nSPS) is 18.9. The number of pyridine rings is 1. The molecule has 1 saturated heterocycles. The summed E-state index contributed by atoms with van der Waals surface area (Å²) in [4.78, 5) is 68.4. The number of aromatic nitrogens is 5. The molecule has 3 amide bonds. The summed E-state index contributed by atoms with van der Waals surface area (Å²) in [5.74, 6) is -1.22. The summed E-state index contributed by atoms with van der Waals surface area (Å²) in [6.45, 7) is 8.69. The van der Waals surface area contributed by atoms with E-state index in [1.54, 1.807) is 25.4 Å². The smallest absolute Gasteiger partial charge is 0.249 e. The van der Waals surface area contributed by atoms with Crippen molar-refractivity contribution in [3.05, 3.63) is 75.3 Å². The third-order valence-electron chi connectivity index (χ3n) is 9.59. The first-order valence-electron chi connectivity index (χ1n) is 16.5. The number of allylic oxidation sites excluding steroid dienone is 1.